The lowest BCUT2D eigenvalue weighted by Crippen LogP contribution is -2.35. The number of unbranched alkanes of at least 4 members (excludes halogenated alkanes) is 11. The Bertz CT molecular complexity index is 854. The summed E-state index contributed by atoms with van der Waals surface area (Å²) in [5, 5.41) is 11.0. The third-order valence-electron chi connectivity index (χ3n) is 7.80. The molecule has 0 bridgehead atoms. The molecule has 0 saturated heterocycles. The fraction of sp³-hybridized carbons (Fsp3) is 0.639. The predicted octanol–water partition coefficient (Wildman–Crippen LogP) is 9.57. The molecule has 0 saturated carbocycles. The van der Waals surface area contributed by atoms with Gasteiger partial charge in [-0.1, -0.05) is 158 Å². The highest BCUT2D eigenvalue weighted by atomic mass is 16.5. The summed E-state index contributed by atoms with van der Waals surface area (Å²) in [4.78, 5) is 13.5. The topological polar surface area (TPSA) is 55.8 Å². The quantitative estimate of drug-likeness (QED) is 0.104. The second kappa shape index (κ2) is 22.5. The van der Waals surface area contributed by atoms with Crippen molar-refractivity contribution in [2.75, 3.05) is 0 Å². The largest absolute Gasteiger partial charge is 0.461 e. The van der Waals surface area contributed by atoms with Crippen LogP contribution in [-0.2, 0) is 27.5 Å². The van der Waals surface area contributed by atoms with Crippen LogP contribution in [0.25, 0.3) is 0 Å². The fourth-order valence-electron chi connectivity index (χ4n) is 5.28. The Labute approximate surface area is 244 Å². The van der Waals surface area contributed by atoms with Crippen LogP contribution in [0.3, 0.4) is 0 Å². The summed E-state index contributed by atoms with van der Waals surface area (Å²) in [6.07, 6.45) is 16.8. The Kier molecular flexibility index (Phi) is 19.2. The van der Waals surface area contributed by atoms with Crippen LogP contribution in [0.5, 0.6) is 0 Å². The summed E-state index contributed by atoms with van der Waals surface area (Å²) in [6.45, 7) is 5.14. The lowest BCUT2D eigenvalue weighted by molar-refractivity contribution is -0.158. The molecule has 0 aliphatic heterocycles. The van der Waals surface area contributed by atoms with E-state index in [0.29, 0.717) is 13.0 Å². The Balaban J connectivity index is 1.97. The summed E-state index contributed by atoms with van der Waals surface area (Å²) in [5.74, 6) is -0.601. The maximum Gasteiger partial charge on any atom is 0.311 e. The molecule has 40 heavy (non-hydrogen) atoms. The molecule has 2 rings (SSSR count). The molecule has 0 radical (unpaired) electrons. The summed E-state index contributed by atoms with van der Waals surface area (Å²) >= 11 is 0. The highest BCUT2D eigenvalue weighted by Crippen LogP contribution is 2.26. The molecule has 4 heteroatoms. The lowest BCUT2D eigenvalue weighted by Gasteiger charge is -2.28. The van der Waals surface area contributed by atoms with Crippen LogP contribution in [-0.4, -0.2) is 23.3 Å². The Hall–Kier alpha value is -2.17. The van der Waals surface area contributed by atoms with Gasteiger partial charge in [0.2, 0.25) is 0 Å². The maximum absolute atomic E-state index is 13.5. The summed E-state index contributed by atoms with van der Waals surface area (Å²) in [6, 6.07) is 19.9. The lowest BCUT2D eigenvalue weighted by atomic mass is 9.90. The molecule has 224 valence electrons. The second-order valence-electron chi connectivity index (χ2n) is 11.4. The van der Waals surface area contributed by atoms with Crippen molar-refractivity contribution < 1.29 is 19.4 Å². The zero-order valence-corrected chi connectivity index (χ0v) is 25.4. The van der Waals surface area contributed by atoms with Crippen molar-refractivity contribution in [2.45, 2.75) is 142 Å². The summed E-state index contributed by atoms with van der Waals surface area (Å²) < 4.78 is 12.2. The van der Waals surface area contributed by atoms with E-state index in [1.54, 1.807) is 0 Å². The first-order valence-electron chi connectivity index (χ1n) is 16.2. The molecule has 0 aromatic heterocycles. The van der Waals surface area contributed by atoms with Crippen LogP contribution >= 0.6 is 0 Å². The highest BCUT2D eigenvalue weighted by molar-refractivity contribution is 5.73. The zero-order chi connectivity index (χ0) is 28.7. The first-order valence-corrected chi connectivity index (χ1v) is 16.2. The van der Waals surface area contributed by atoms with Crippen LogP contribution in [0.15, 0.2) is 60.7 Å². The molecule has 0 spiro atoms. The van der Waals surface area contributed by atoms with Gasteiger partial charge in [0, 0.05) is 6.42 Å². The highest BCUT2D eigenvalue weighted by Gasteiger charge is 2.32. The Morgan fingerprint density at radius 2 is 1.12 bits per heavy atom. The first-order chi connectivity index (χ1) is 19.6. The number of aliphatic hydroxyl groups excluding tert-OH is 1. The van der Waals surface area contributed by atoms with Crippen molar-refractivity contribution in [1.29, 1.82) is 0 Å². The van der Waals surface area contributed by atoms with Crippen molar-refractivity contribution in [1.82, 2.24) is 0 Å². The molecule has 0 aliphatic carbocycles. The van der Waals surface area contributed by atoms with E-state index in [2.05, 4.69) is 13.8 Å². The van der Waals surface area contributed by atoms with Crippen molar-refractivity contribution >= 4 is 5.97 Å². The van der Waals surface area contributed by atoms with Crippen molar-refractivity contribution in [3.63, 3.8) is 0 Å². The molecule has 1 N–H and O–H groups in total. The van der Waals surface area contributed by atoms with E-state index < -0.39 is 6.10 Å². The number of hydrogen-bond acceptors (Lipinski definition) is 4. The van der Waals surface area contributed by atoms with Gasteiger partial charge in [-0.25, -0.2) is 0 Å². The van der Waals surface area contributed by atoms with Crippen LogP contribution in [0.4, 0.5) is 0 Å². The van der Waals surface area contributed by atoms with Crippen molar-refractivity contribution in [3.8, 4) is 0 Å². The summed E-state index contributed by atoms with van der Waals surface area (Å²) in [7, 11) is 0. The third kappa shape index (κ3) is 15.6. The van der Waals surface area contributed by atoms with Gasteiger partial charge < -0.3 is 14.6 Å². The molecule has 3 atom stereocenters. The molecule has 2 aromatic rings. The van der Waals surface area contributed by atoms with E-state index in [9.17, 15) is 9.90 Å². The Morgan fingerprint density at radius 3 is 1.70 bits per heavy atom. The van der Waals surface area contributed by atoms with Gasteiger partial charge in [0.1, 0.15) is 6.61 Å². The molecule has 4 nitrogen and oxygen atoms in total. The fourth-order valence-corrected chi connectivity index (χ4v) is 5.28. The predicted molar refractivity (Wildman–Crippen MR) is 166 cm³/mol. The number of hydrogen-bond donors (Lipinski definition) is 1. The van der Waals surface area contributed by atoms with Crippen LogP contribution in [0.1, 0.15) is 128 Å². The van der Waals surface area contributed by atoms with Gasteiger partial charge in [0.05, 0.1) is 24.7 Å². The number of aliphatic hydroxyl groups is 1. The van der Waals surface area contributed by atoms with E-state index in [1.807, 2.05) is 60.7 Å². The van der Waals surface area contributed by atoms with Gasteiger partial charge in [-0.15, -0.1) is 0 Å². The minimum atomic E-state index is -0.481. The second-order valence-corrected chi connectivity index (χ2v) is 11.4. The van der Waals surface area contributed by atoms with Crippen LogP contribution in [0.2, 0.25) is 0 Å². The molecule has 0 heterocycles. The standard InChI is InChI=1S/C36H56O4/c1-3-5-7-9-10-11-12-13-20-26-33(37)28-35(39-29-31-22-16-14-17-23-31)34(27-21-8-6-4-2)36(38)40-30-32-24-18-15-19-25-32/h14-19,22-25,33-35,37H,3-13,20-21,26-30H2,1-2H3/t33-,34+,35-/m0/s1. The SMILES string of the molecule is CCCCCCCCCCC[C@H](O)C[C@H](OCc1ccccc1)[C@@H](CCCCCC)C(=O)OCc1ccccc1. The average molecular weight is 553 g/mol. The molecule has 0 unspecified atom stereocenters. The number of carbonyl (C=O) groups is 1. The van der Waals surface area contributed by atoms with Crippen molar-refractivity contribution in [2.24, 2.45) is 5.92 Å². The smallest absolute Gasteiger partial charge is 0.311 e. The molecule has 0 amide bonds. The van der Waals surface area contributed by atoms with Gasteiger partial charge in [-0.3, -0.25) is 4.79 Å². The molecule has 0 fully saturated rings. The zero-order valence-electron chi connectivity index (χ0n) is 25.4. The number of esters is 1. The van der Waals surface area contributed by atoms with Gasteiger partial charge in [-0.05, 0) is 24.0 Å². The number of carbonyl (C=O) groups excluding carboxylic acids is 1. The number of benzene rings is 2. The molecule has 2 aromatic carbocycles. The summed E-state index contributed by atoms with van der Waals surface area (Å²) in [5.41, 5.74) is 2.05. The van der Waals surface area contributed by atoms with Gasteiger partial charge in [0.25, 0.3) is 0 Å². The van der Waals surface area contributed by atoms with E-state index >= 15 is 0 Å². The minimum Gasteiger partial charge on any atom is -0.461 e. The maximum atomic E-state index is 13.5. The van der Waals surface area contributed by atoms with E-state index in [0.717, 1.165) is 62.5 Å². The third-order valence-corrected chi connectivity index (χ3v) is 7.80. The van der Waals surface area contributed by atoms with Crippen molar-refractivity contribution in [3.05, 3.63) is 71.8 Å². The van der Waals surface area contributed by atoms with Crippen LogP contribution in [0, 0.1) is 5.92 Å². The Morgan fingerprint density at radius 1 is 0.650 bits per heavy atom. The average Bonchev–Trinajstić information content (AvgIpc) is 2.98. The van der Waals surface area contributed by atoms with Crippen LogP contribution < -0.4 is 0 Å². The number of rotatable bonds is 24. The normalized spacial score (nSPS) is 13.6. The molecular weight excluding hydrogens is 496 g/mol. The minimum absolute atomic E-state index is 0.214. The van der Waals surface area contributed by atoms with E-state index in [1.165, 1.54) is 44.9 Å². The number of ether oxygens (including phenoxy) is 2. The van der Waals surface area contributed by atoms with Gasteiger partial charge in [0.15, 0.2) is 0 Å². The molecule has 0 aliphatic rings. The first kappa shape index (κ1) is 34.0. The van der Waals surface area contributed by atoms with Gasteiger partial charge >= 0.3 is 5.97 Å². The monoisotopic (exact) mass is 552 g/mol. The van der Waals surface area contributed by atoms with E-state index in [4.69, 9.17) is 9.47 Å². The van der Waals surface area contributed by atoms with Gasteiger partial charge in [-0.2, -0.15) is 0 Å². The van der Waals surface area contributed by atoms with E-state index in [-0.39, 0.29) is 24.6 Å². The molecular formula is C36H56O4.